The molecule has 1 heterocycles. The Labute approximate surface area is 128 Å². The van der Waals surface area contributed by atoms with E-state index in [1.807, 2.05) is 30.5 Å². The van der Waals surface area contributed by atoms with Crippen LogP contribution in [0.3, 0.4) is 0 Å². The molecule has 5 nitrogen and oxygen atoms in total. The standard InChI is InChI=1S/C15H20N2O3S/c1-11-10-21-15(17-11)8-16-7-12(18)9-20-14-5-3-4-13(6-14)19-2/h3-6,10,12,16,18H,7-9H2,1-2H3. The molecule has 114 valence electrons. The zero-order valence-electron chi connectivity index (χ0n) is 12.2. The van der Waals surface area contributed by atoms with Gasteiger partial charge in [0.25, 0.3) is 0 Å². The van der Waals surface area contributed by atoms with Gasteiger partial charge in [0, 0.05) is 30.2 Å². The van der Waals surface area contributed by atoms with Gasteiger partial charge in [0.15, 0.2) is 0 Å². The number of aliphatic hydroxyl groups excluding tert-OH is 1. The van der Waals surface area contributed by atoms with Crippen molar-refractivity contribution in [1.82, 2.24) is 10.3 Å². The first-order chi connectivity index (χ1) is 10.2. The molecule has 1 unspecified atom stereocenters. The molecule has 1 aromatic heterocycles. The van der Waals surface area contributed by atoms with Gasteiger partial charge in [-0.15, -0.1) is 11.3 Å². The molecule has 0 fully saturated rings. The molecular formula is C15H20N2O3S. The van der Waals surface area contributed by atoms with Crippen LogP contribution in [0.1, 0.15) is 10.7 Å². The maximum Gasteiger partial charge on any atom is 0.123 e. The molecule has 1 atom stereocenters. The first kappa shape index (κ1) is 15.8. The highest BCUT2D eigenvalue weighted by Gasteiger charge is 2.06. The van der Waals surface area contributed by atoms with Crippen molar-refractivity contribution in [3.8, 4) is 11.5 Å². The van der Waals surface area contributed by atoms with Crippen molar-refractivity contribution < 1.29 is 14.6 Å². The maximum atomic E-state index is 9.88. The summed E-state index contributed by atoms with van der Waals surface area (Å²) in [5.74, 6) is 1.42. The molecule has 0 aliphatic rings. The minimum Gasteiger partial charge on any atom is -0.497 e. The molecule has 1 aromatic carbocycles. The van der Waals surface area contributed by atoms with Crippen LogP contribution in [0.4, 0.5) is 0 Å². The Morgan fingerprint density at radius 1 is 1.38 bits per heavy atom. The third-order valence-corrected chi connectivity index (χ3v) is 3.77. The quantitative estimate of drug-likeness (QED) is 0.781. The van der Waals surface area contributed by atoms with Gasteiger partial charge in [-0.1, -0.05) is 6.07 Å². The van der Waals surface area contributed by atoms with Crippen molar-refractivity contribution >= 4 is 11.3 Å². The fourth-order valence-corrected chi connectivity index (χ4v) is 2.51. The van der Waals surface area contributed by atoms with Crippen LogP contribution < -0.4 is 14.8 Å². The Balaban J connectivity index is 1.68. The number of hydrogen-bond donors (Lipinski definition) is 2. The van der Waals surface area contributed by atoms with E-state index in [9.17, 15) is 5.11 Å². The van der Waals surface area contributed by atoms with Crippen LogP contribution in [0.25, 0.3) is 0 Å². The average Bonchev–Trinajstić information content (AvgIpc) is 2.91. The summed E-state index contributed by atoms with van der Waals surface area (Å²) in [5.41, 5.74) is 1.03. The predicted octanol–water partition coefficient (Wildman–Crippen LogP) is 1.99. The molecule has 2 aromatic rings. The molecule has 0 radical (unpaired) electrons. The van der Waals surface area contributed by atoms with Crippen molar-refractivity contribution in [2.45, 2.75) is 19.6 Å². The number of hydrogen-bond acceptors (Lipinski definition) is 6. The van der Waals surface area contributed by atoms with Crippen molar-refractivity contribution in [1.29, 1.82) is 0 Å². The van der Waals surface area contributed by atoms with E-state index in [-0.39, 0.29) is 6.61 Å². The lowest BCUT2D eigenvalue weighted by Crippen LogP contribution is -2.31. The van der Waals surface area contributed by atoms with E-state index in [1.165, 1.54) is 0 Å². The first-order valence-electron chi connectivity index (χ1n) is 6.74. The second-order valence-corrected chi connectivity index (χ2v) is 5.60. The number of rotatable bonds is 8. The third kappa shape index (κ3) is 5.34. The van der Waals surface area contributed by atoms with Crippen molar-refractivity contribution in [3.05, 3.63) is 40.3 Å². The number of thiazole rings is 1. The molecule has 2 rings (SSSR count). The number of nitrogens with zero attached hydrogens (tertiary/aromatic N) is 1. The summed E-state index contributed by atoms with van der Waals surface area (Å²) in [4.78, 5) is 4.35. The van der Waals surface area contributed by atoms with Crippen molar-refractivity contribution in [2.75, 3.05) is 20.3 Å². The number of aromatic nitrogens is 1. The van der Waals surface area contributed by atoms with Gasteiger partial charge in [0.2, 0.25) is 0 Å². The number of aryl methyl sites for hydroxylation is 1. The second-order valence-electron chi connectivity index (χ2n) is 4.66. The lowest BCUT2D eigenvalue weighted by atomic mass is 10.3. The van der Waals surface area contributed by atoms with Gasteiger partial charge in [-0.2, -0.15) is 0 Å². The minimum atomic E-state index is -0.572. The summed E-state index contributed by atoms with van der Waals surface area (Å²) >= 11 is 1.62. The summed E-state index contributed by atoms with van der Waals surface area (Å²) < 4.78 is 10.7. The topological polar surface area (TPSA) is 63.6 Å². The largest absolute Gasteiger partial charge is 0.497 e. The molecule has 0 saturated carbocycles. The summed E-state index contributed by atoms with van der Waals surface area (Å²) in [5, 5.41) is 16.1. The minimum absolute atomic E-state index is 0.233. The van der Waals surface area contributed by atoms with E-state index in [2.05, 4.69) is 10.3 Å². The summed E-state index contributed by atoms with van der Waals surface area (Å²) in [6.07, 6.45) is -0.572. The number of benzene rings is 1. The zero-order chi connectivity index (χ0) is 15.1. The Hall–Kier alpha value is -1.63. The Bertz CT molecular complexity index is 559. The van der Waals surface area contributed by atoms with Crippen LogP contribution in [0.5, 0.6) is 11.5 Å². The molecule has 21 heavy (non-hydrogen) atoms. The number of ether oxygens (including phenoxy) is 2. The van der Waals surface area contributed by atoms with Crippen LogP contribution in [-0.2, 0) is 6.54 Å². The molecule has 0 amide bonds. The van der Waals surface area contributed by atoms with Crippen molar-refractivity contribution in [3.63, 3.8) is 0 Å². The predicted molar refractivity (Wildman–Crippen MR) is 83.1 cm³/mol. The molecule has 0 aliphatic carbocycles. The molecule has 0 spiro atoms. The van der Waals surface area contributed by atoms with Gasteiger partial charge in [-0.05, 0) is 19.1 Å². The SMILES string of the molecule is COc1cccc(OCC(O)CNCc2nc(C)cs2)c1. The van der Waals surface area contributed by atoms with Crippen molar-refractivity contribution in [2.24, 2.45) is 0 Å². The highest BCUT2D eigenvalue weighted by Crippen LogP contribution is 2.18. The highest BCUT2D eigenvalue weighted by atomic mass is 32.1. The molecule has 0 bridgehead atoms. The lowest BCUT2D eigenvalue weighted by Gasteiger charge is -2.13. The van der Waals surface area contributed by atoms with Gasteiger partial charge in [-0.3, -0.25) is 0 Å². The monoisotopic (exact) mass is 308 g/mol. The number of nitrogens with one attached hydrogen (secondary N) is 1. The van der Waals surface area contributed by atoms with Crippen LogP contribution in [0.2, 0.25) is 0 Å². The first-order valence-corrected chi connectivity index (χ1v) is 7.62. The lowest BCUT2D eigenvalue weighted by molar-refractivity contribution is 0.106. The molecule has 0 aliphatic heterocycles. The van der Waals surface area contributed by atoms with Crippen LogP contribution >= 0.6 is 11.3 Å². The van der Waals surface area contributed by atoms with E-state index < -0.39 is 6.10 Å². The van der Waals surface area contributed by atoms with Crippen LogP contribution in [0, 0.1) is 6.92 Å². The van der Waals surface area contributed by atoms with Gasteiger partial charge >= 0.3 is 0 Å². The smallest absolute Gasteiger partial charge is 0.123 e. The summed E-state index contributed by atoms with van der Waals surface area (Å²) in [6, 6.07) is 7.32. The zero-order valence-corrected chi connectivity index (χ0v) is 13.0. The fraction of sp³-hybridized carbons (Fsp3) is 0.400. The van der Waals surface area contributed by atoms with E-state index in [1.54, 1.807) is 24.5 Å². The molecule has 6 heteroatoms. The Morgan fingerprint density at radius 3 is 2.90 bits per heavy atom. The Kier molecular flexibility index (Phi) is 5.98. The number of aliphatic hydroxyl groups is 1. The summed E-state index contributed by atoms with van der Waals surface area (Å²) in [7, 11) is 1.61. The van der Waals surface area contributed by atoms with Gasteiger partial charge in [0.05, 0.1) is 7.11 Å². The molecule has 2 N–H and O–H groups in total. The molecule has 0 saturated heterocycles. The highest BCUT2D eigenvalue weighted by molar-refractivity contribution is 7.09. The van der Waals surface area contributed by atoms with E-state index in [0.29, 0.717) is 18.8 Å². The van der Waals surface area contributed by atoms with E-state index in [4.69, 9.17) is 9.47 Å². The number of methoxy groups -OCH3 is 1. The van der Waals surface area contributed by atoms with Gasteiger partial charge in [0.1, 0.15) is 29.2 Å². The third-order valence-electron chi connectivity index (χ3n) is 2.81. The Morgan fingerprint density at radius 2 is 2.19 bits per heavy atom. The van der Waals surface area contributed by atoms with E-state index in [0.717, 1.165) is 16.5 Å². The normalized spacial score (nSPS) is 12.1. The van der Waals surface area contributed by atoms with Gasteiger partial charge in [-0.25, -0.2) is 4.98 Å². The van der Waals surface area contributed by atoms with Crippen LogP contribution in [-0.4, -0.2) is 36.5 Å². The second kappa shape index (κ2) is 7.97. The van der Waals surface area contributed by atoms with E-state index >= 15 is 0 Å². The van der Waals surface area contributed by atoms with Crippen LogP contribution in [0.15, 0.2) is 29.6 Å². The summed E-state index contributed by atoms with van der Waals surface area (Å²) in [6.45, 7) is 3.32. The van der Waals surface area contributed by atoms with Gasteiger partial charge < -0.3 is 19.9 Å². The maximum absolute atomic E-state index is 9.88. The molecular weight excluding hydrogens is 288 g/mol. The average molecular weight is 308 g/mol. The fourth-order valence-electron chi connectivity index (χ4n) is 1.77.